The highest BCUT2D eigenvalue weighted by molar-refractivity contribution is 6.35. The molecule has 0 aliphatic heterocycles. The van der Waals surface area contributed by atoms with Crippen molar-refractivity contribution in [3.05, 3.63) is 40.0 Å². The van der Waals surface area contributed by atoms with Crippen molar-refractivity contribution in [3.63, 3.8) is 0 Å². The minimum absolute atomic E-state index is 0.126. The fourth-order valence-corrected chi connectivity index (χ4v) is 1.61. The summed E-state index contributed by atoms with van der Waals surface area (Å²) in [6, 6.07) is 5.04. The second-order valence-corrected chi connectivity index (χ2v) is 4.29. The summed E-state index contributed by atoms with van der Waals surface area (Å²) >= 11 is 11.7. The number of hydrogen-bond acceptors (Lipinski definition) is 2. The number of benzene rings is 1. The zero-order valence-electron chi connectivity index (χ0n) is 9.17. The second kappa shape index (κ2) is 6.42. The first-order chi connectivity index (χ1) is 7.99. The maximum absolute atomic E-state index is 11.1. The lowest BCUT2D eigenvalue weighted by Crippen LogP contribution is -2.19. The molecule has 0 saturated carbocycles. The fraction of sp³-hybridized carbons (Fsp3) is 0.167. The average Bonchev–Trinajstić information content (AvgIpc) is 2.20. The Balaban J connectivity index is 2.59. The van der Waals surface area contributed by atoms with Gasteiger partial charge in [-0.25, -0.2) is 0 Å². The summed E-state index contributed by atoms with van der Waals surface area (Å²) in [5.74, 6) is -0.528. The number of carbonyl (C=O) groups is 2. The van der Waals surface area contributed by atoms with Gasteiger partial charge < -0.3 is 5.32 Å². The number of nitrogens with one attached hydrogen (secondary N) is 1. The van der Waals surface area contributed by atoms with E-state index in [2.05, 4.69) is 5.32 Å². The lowest BCUT2D eigenvalue weighted by molar-refractivity contribution is -0.126. The van der Waals surface area contributed by atoms with E-state index in [9.17, 15) is 9.59 Å². The van der Waals surface area contributed by atoms with Gasteiger partial charge in [-0.1, -0.05) is 29.3 Å². The average molecular weight is 272 g/mol. The SMILES string of the molecule is CC(=O)CC(=O)N/C=C/c1ccc(Cl)cc1Cl. The number of ketones is 1. The van der Waals surface area contributed by atoms with Gasteiger partial charge in [0, 0.05) is 16.2 Å². The Labute approximate surface area is 109 Å². The third-order valence-electron chi connectivity index (χ3n) is 1.88. The highest BCUT2D eigenvalue weighted by Gasteiger charge is 2.02. The van der Waals surface area contributed by atoms with E-state index in [0.29, 0.717) is 10.0 Å². The maximum Gasteiger partial charge on any atom is 0.231 e. The molecule has 0 radical (unpaired) electrons. The molecule has 3 nitrogen and oxygen atoms in total. The summed E-state index contributed by atoms with van der Waals surface area (Å²) < 4.78 is 0. The monoisotopic (exact) mass is 271 g/mol. The van der Waals surface area contributed by atoms with Crippen LogP contribution < -0.4 is 5.32 Å². The number of halogens is 2. The van der Waals surface area contributed by atoms with Crippen molar-refractivity contribution in [1.82, 2.24) is 5.32 Å². The van der Waals surface area contributed by atoms with E-state index in [0.717, 1.165) is 5.56 Å². The van der Waals surface area contributed by atoms with Crippen molar-refractivity contribution in [2.75, 3.05) is 0 Å². The van der Waals surface area contributed by atoms with Crippen molar-refractivity contribution in [3.8, 4) is 0 Å². The number of amides is 1. The molecule has 17 heavy (non-hydrogen) atoms. The summed E-state index contributed by atoms with van der Waals surface area (Å²) in [5.41, 5.74) is 0.735. The van der Waals surface area contributed by atoms with Crippen LogP contribution in [0.4, 0.5) is 0 Å². The zero-order chi connectivity index (χ0) is 12.8. The molecule has 5 heteroatoms. The predicted molar refractivity (Wildman–Crippen MR) is 68.9 cm³/mol. The summed E-state index contributed by atoms with van der Waals surface area (Å²) in [6.07, 6.45) is 2.95. The number of Topliss-reactive ketones (excluding diaryl/α,β-unsaturated/α-hetero) is 1. The standard InChI is InChI=1S/C12H11Cl2NO2/c1-8(16)6-12(17)15-5-4-9-2-3-10(13)7-11(9)14/h2-5,7H,6H2,1H3,(H,15,17)/b5-4+. The molecular weight excluding hydrogens is 261 g/mol. The Kier molecular flexibility index (Phi) is 5.19. The zero-order valence-corrected chi connectivity index (χ0v) is 10.7. The van der Waals surface area contributed by atoms with Crippen LogP contribution in [0, 0.1) is 0 Å². The van der Waals surface area contributed by atoms with Crippen LogP contribution in [0.3, 0.4) is 0 Å². The van der Waals surface area contributed by atoms with Gasteiger partial charge in [0.05, 0.1) is 6.42 Å². The van der Waals surface area contributed by atoms with Gasteiger partial charge in [0.1, 0.15) is 5.78 Å². The summed E-state index contributed by atoms with van der Waals surface area (Å²) in [6.45, 7) is 1.36. The Morgan fingerprint density at radius 3 is 2.65 bits per heavy atom. The minimum Gasteiger partial charge on any atom is -0.332 e. The molecule has 90 valence electrons. The minimum atomic E-state index is -0.348. The van der Waals surface area contributed by atoms with E-state index in [1.165, 1.54) is 13.1 Å². The third-order valence-corrected chi connectivity index (χ3v) is 2.44. The number of carbonyl (C=O) groups excluding carboxylic acids is 2. The predicted octanol–water partition coefficient (Wildman–Crippen LogP) is 3.06. The Morgan fingerprint density at radius 1 is 1.35 bits per heavy atom. The van der Waals surface area contributed by atoms with Crippen LogP contribution in [-0.2, 0) is 9.59 Å². The lowest BCUT2D eigenvalue weighted by Gasteiger charge is -1.99. The molecule has 1 rings (SSSR count). The van der Waals surface area contributed by atoms with Crippen molar-refractivity contribution in [2.45, 2.75) is 13.3 Å². The smallest absolute Gasteiger partial charge is 0.231 e. The largest absolute Gasteiger partial charge is 0.332 e. The first kappa shape index (κ1) is 13.7. The number of hydrogen-bond donors (Lipinski definition) is 1. The molecule has 0 fully saturated rings. The first-order valence-electron chi connectivity index (χ1n) is 4.89. The molecule has 0 aliphatic rings. The summed E-state index contributed by atoms with van der Waals surface area (Å²) in [4.78, 5) is 21.8. The van der Waals surface area contributed by atoms with Gasteiger partial charge in [-0.3, -0.25) is 9.59 Å². The first-order valence-corrected chi connectivity index (χ1v) is 5.65. The summed E-state index contributed by atoms with van der Waals surface area (Å²) in [7, 11) is 0. The Morgan fingerprint density at radius 2 is 2.06 bits per heavy atom. The molecule has 0 spiro atoms. The molecule has 1 aromatic carbocycles. The van der Waals surface area contributed by atoms with E-state index < -0.39 is 0 Å². The second-order valence-electron chi connectivity index (χ2n) is 3.45. The van der Waals surface area contributed by atoms with Gasteiger partial charge in [0.25, 0.3) is 0 Å². The quantitative estimate of drug-likeness (QED) is 0.856. The Bertz CT molecular complexity index is 470. The van der Waals surface area contributed by atoms with Crippen LogP contribution in [0.1, 0.15) is 18.9 Å². The molecule has 0 unspecified atom stereocenters. The van der Waals surface area contributed by atoms with Crippen LogP contribution >= 0.6 is 23.2 Å². The van der Waals surface area contributed by atoms with E-state index >= 15 is 0 Å². The summed E-state index contributed by atoms with van der Waals surface area (Å²) in [5, 5.41) is 3.52. The molecule has 0 heterocycles. The van der Waals surface area contributed by atoms with E-state index in [1.54, 1.807) is 24.3 Å². The molecule has 0 aliphatic carbocycles. The van der Waals surface area contributed by atoms with Crippen LogP contribution in [0.5, 0.6) is 0 Å². The lowest BCUT2D eigenvalue weighted by atomic mass is 10.2. The molecule has 0 bridgehead atoms. The van der Waals surface area contributed by atoms with Crippen LogP contribution in [0.25, 0.3) is 6.08 Å². The number of rotatable bonds is 4. The Hall–Kier alpha value is -1.32. The van der Waals surface area contributed by atoms with Gasteiger partial charge >= 0.3 is 0 Å². The third kappa shape index (κ3) is 5.02. The molecule has 1 N–H and O–H groups in total. The topological polar surface area (TPSA) is 46.2 Å². The van der Waals surface area contributed by atoms with Crippen molar-refractivity contribution < 1.29 is 9.59 Å². The molecule has 0 atom stereocenters. The normalized spacial score (nSPS) is 10.5. The van der Waals surface area contributed by atoms with Gasteiger partial charge in [0.15, 0.2) is 0 Å². The van der Waals surface area contributed by atoms with E-state index in [1.807, 2.05) is 0 Å². The highest BCUT2D eigenvalue weighted by atomic mass is 35.5. The van der Waals surface area contributed by atoms with Gasteiger partial charge in [-0.05, 0) is 30.7 Å². The van der Waals surface area contributed by atoms with Crippen molar-refractivity contribution in [2.24, 2.45) is 0 Å². The van der Waals surface area contributed by atoms with Crippen LogP contribution in [-0.4, -0.2) is 11.7 Å². The van der Waals surface area contributed by atoms with Crippen molar-refractivity contribution in [1.29, 1.82) is 0 Å². The van der Waals surface area contributed by atoms with Crippen LogP contribution in [0.2, 0.25) is 10.0 Å². The van der Waals surface area contributed by atoms with Crippen LogP contribution in [0.15, 0.2) is 24.4 Å². The van der Waals surface area contributed by atoms with E-state index in [4.69, 9.17) is 23.2 Å². The maximum atomic E-state index is 11.1. The van der Waals surface area contributed by atoms with Gasteiger partial charge in [-0.2, -0.15) is 0 Å². The van der Waals surface area contributed by atoms with Crippen molar-refractivity contribution >= 4 is 41.0 Å². The molecule has 0 saturated heterocycles. The molecular formula is C12H11Cl2NO2. The fourth-order valence-electron chi connectivity index (χ4n) is 1.14. The molecule has 1 amide bonds. The molecule has 1 aromatic rings. The van der Waals surface area contributed by atoms with Gasteiger partial charge in [-0.15, -0.1) is 0 Å². The van der Waals surface area contributed by atoms with E-state index in [-0.39, 0.29) is 18.1 Å². The highest BCUT2D eigenvalue weighted by Crippen LogP contribution is 2.21. The van der Waals surface area contributed by atoms with Gasteiger partial charge in [0.2, 0.25) is 5.91 Å². The molecule has 0 aromatic heterocycles.